The van der Waals surface area contributed by atoms with Crippen molar-refractivity contribution in [3.05, 3.63) is 9.78 Å². The molecule has 0 saturated heterocycles. The summed E-state index contributed by atoms with van der Waals surface area (Å²) in [5.74, 6) is 0. The summed E-state index contributed by atoms with van der Waals surface area (Å²) in [5.41, 5.74) is 0. The molecule has 0 aliphatic heterocycles. The standard InChI is InChI=1S/C8H13IN2/c1-7(9)6-11(10-2)8-4-3-5-8/h6,8H,2-5H2,1H3/b7-6+. The number of hydrogen-bond acceptors (Lipinski definition) is 2. The summed E-state index contributed by atoms with van der Waals surface area (Å²) in [6.07, 6.45) is 5.92. The summed E-state index contributed by atoms with van der Waals surface area (Å²) in [6, 6.07) is 0.622. The molecule has 0 aromatic carbocycles. The van der Waals surface area contributed by atoms with E-state index in [0.29, 0.717) is 6.04 Å². The van der Waals surface area contributed by atoms with Gasteiger partial charge in [0.2, 0.25) is 0 Å². The number of hydrazone groups is 1. The Kier molecular flexibility index (Phi) is 3.36. The maximum Gasteiger partial charge on any atom is 0.0519 e. The highest BCUT2D eigenvalue weighted by Gasteiger charge is 2.21. The lowest BCUT2D eigenvalue weighted by molar-refractivity contribution is 0.191. The third kappa shape index (κ3) is 2.47. The van der Waals surface area contributed by atoms with Gasteiger partial charge in [-0.3, -0.25) is 5.01 Å². The number of halogens is 1. The third-order valence-corrected chi connectivity index (χ3v) is 2.20. The zero-order valence-corrected chi connectivity index (χ0v) is 8.91. The van der Waals surface area contributed by atoms with Gasteiger partial charge < -0.3 is 0 Å². The summed E-state index contributed by atoms with van der Waals surface area (Å²) in [6.45, 7) is 5.61. The van der Waals surface area contributed by atoms with Gasteiger partial charge in [-0.05, 0) is 48.8 Å². The Labute approximate surface area is 81.5 Å². The summed E-state index contributed by atoms with van der Waals surface area (Å²) < 4.78 is 1.25. The van der Waals surface area contributed by atoms with E-state index in [-0.39, 0.29) is 0 Å². The molecule has 1 fully saturated rings. The summed E-state index contributed by atoms with van der Waals surface area (Å²) in [5, 5.41) is 5.93. The topological polar surface area (TPSA) is 15.6 Å². The first-order valence-corrected chi connectivity index (χ1v) is 4.91. The van der Waals surface area contributed by atoms with Crippen LogP contribution in [-0.4, -0.2) is 17.8 Å². The van der Waals surface area contributed by atoms with Gasteiger partial charge in [-0.1, -0.05) is 0 Å². The summed E-state index contributed by atoms with van der Waals surface area (Å²) >= 11 is 2.29. The Balaban J connectivity index is 2.48. The smallest absolute Gasteiger partial charge is 0.0519 e. The monoisotopic (exact) mass is 264 g/mol. The molecule has 0 N–H and O–H groups in total. The Morgan fingerprint density at radius 1 is 1.73 bits per heavy atom. The Morgan fingerprint density at radius 2 is 2.36 bits per heavy atom. The first-order valence-electron chi connectivity index (χ1n) is 3.83. The Morgan fingerprint density at radius 3 is 2.64 bits per heavy atom. The average molecular weight is 264 g/mol. The predicted molar refractivity (Wildman–Crippen MR) is 56.8 cm³/mol. The van der Waals surface area contributed by atoms with E-state index in [4.69, 9.17) is 0 Å². The third-order valence-electron chi connectivity index (χ3n) is 1.92. The number of hydrogen-bond donors (Lipinski definition) is 0. The first-order chi connectivity index (χ1) is 5.24. The molecule has 11 heavy (non-hydrogen) atoms. The zero-order valence-electron chi connectivity index (χ0n) is 6.76. The molecule has 1 aliphatic carbocycles. The van der Waals surface area contributed by atoms with Crippen LogP contribution >= 0.6 is 22.6 Å². The minimum Gasteiger partial charge on any atom is -0.270 e. The van der Waals surface area contributed by atoms with Crippen molar-refractivity contribution in [1.82, 2.24) is 5.01 Å². The lowest BCUT2D eigenvalue weighted by Gasteiger charge is -2.32. The van der Waals surface area contributed by atoms with Gasteiger partial charge in [0.25, 0.3) is 0 Å². The van der Waals surface area contributed by atoms with Crippen molar-refractivity contribution < 1.29 is 0 Å². The van der Waals surface area contributed by atoms with Gasteiger partial charge in [0, 0.05) is 16.5 Å². The highest BCUT2D eigenvalue weighted by atomic mass is 127. The van der Waals surface area contributed by atoms with Gasteiger partial charge >= 0.3 is 0 Å². The molecule has 0 amide bonds. The maximum absolute atomic E-state index is 3.95. The van der Waals surface area contributed by atoms with E-state index in [0.717, 1.165) is 0 Å². The van der Waals surface area contributed by atoms with Gasteiger partial charge in [-0.2, -0.15) is 5.10 Å². The SMILES string of the molecule is C=NN(/C=C(\C)I)C1CCC1. The second-order valence-corrected chi connectivity index (χ2v) is 4.52. The molecule has 0 atom stereocenters. The number of allylic oxidation sites excluding steroid dienone is 1. The molecule has 1 rings (SSSR count). The summed E-state index contributed by atoms with van der Waals surface area (Å²) in [7, 11) is 0. The molecule has 0 aromatic heterocycles. The van der Waals surface area contributed by atoms with Crippen LogP contribution in [0.2, 0.25) is 0 Å². The van der Waals surface area contributed by atoms with Crippen molar-refractivity contribution >= 4 is 29.3 Å². The fourth-order valence-electron chi connectivity index (χ4n) is 1.10. The van der Waals surface area contributed by atoms with E-state index in [9.17, 15) is 0 Å². The van der Waals surface area contributed by atoms with Crippen molar-refractivity contribution in [2.45, 2.75) is 32.2 Å². The van der Waals surface area contributed by atoms with Crippen LogP contribution in [0.5, 0.6) is 0 Å². The van der Waals surface area contributed by atoms with E-state index >= 15 is 0 Å². The largest absolute Gasteiger partial charge is 0.270 e. The van der Waals surface area contributed by atoms with Crippen molar-refractivity contribution in [3.8, 4) is 0 Å². The normalized spacial score (nSPS) is 19.3. The zero-order chi connectivity index (χ0) is 8.27. The molecule has 2 nitrogen and oxygen atoms in total. The van der Waals surface area contributed by atoms with Crippen LogP contribution in [0.25, 0.3) is 0 Å². The van der Waals surface area contributed by atoms with Gasteiger partial charge in [0.1, 0.15) is 0 Å². The predicted octanol–water partition coefficient (Wildman–Crippen LogP) is 2.75. The molecular weight excluding hydrogens is 251 g/mol. The molecule has 0 unspecified atom stereocenters. The van der Waals surface area contributed by atoms with E-state index in [1.54, 1.807) is 0 Å². The fourth-order valence-corrected chi connectivity index (χ4v) is 1.38. The van der Waals surface area contributed by atoms with Crippen molar-refractivity contribution in [2.24, 2.45) is 5.10 Å². The van der Waals surface area contributed by atoms with Crippen LogP contribution in [0.1, 0.15) is 26.2 Å². The van der Waals surface area contributed by atoms with Crippen LogP contribution in [0.4, 0.5) is 0 Å². The van der Waals surface area contributed by atoms with Crippen molar-refractivity contribution in [1.29, 1.82) is 0 Å². The van der Waals surface area contributed by atoms with Crippen LogP contribution in [0.3, 0.4) is 0 Å². The molecule has 0 spiro atoms. The quantitative estimate of drug-likeness (QED) is 0.435. The Bertz CT molecular complexity index is 169. The van der Waals surface area contributed by atoms with Gasteiger partial charge in [0.05, 0.1) is 6.04 Å². The van der Waals surface area contributed by atoms with Gasteiger partial charge in [0.15, 0.2) is 0 Å². The highest BCUT2D eigenvalue weighted by Crippen LogP contribution is 2.26. The lowest BCUT2D eigenvalue weighted by Crippen LogP contribution is -2.32. The first kappa shape index (κ1) is 9.03. The second-order valence-electron chi connectivity index (χ2n) is 2.82. The van der Waals surface area contributed by atoms with E-state index in [1.807, 2.05) is 5.01 Å². The van der Waals surface area contributed by atoms with Crippen LogP contribution in [0, 0.1) is 0 Å². The minimum atomic E-state index is 0.622. The van der Waals surface area contributed by atoms with E-state index < -0.39 is 0 Å². The molecule has 3 heteroatoms. The number of nitrogens with zero attached hydrogens (tertiary/aromatic N) is 2. The van der Waals surface area contributed by atoms with Crippen molar-refractivity contribution in [2.75, 3.05) is 0 Å². The molecular formula is C8H13IN2. The summed E-state index contributed by atoms with van der Waals surface area (Å²) in [4.78, 5) is 0. The molecule has 1 aliphatic rings. The number of rotatable bonds is 3. The minimum absolute atomic E-state index is 0.622. The molecule has 0 aromatic rings. The van der Waals surface area contributed by atoms with Gasteiger partial charge in [-0.15, -0.1) is 0 Å². The lowest BCUT2D eigenvalue weighted by atomic mass is 9.93. The second kappa shape index (κ2) is 4.09. The average Bonchev–Trinajstić information content (AvgIpc) is 1.81. The van der Waals surface area contributed by atoms with Crippen LogP contribution < -0.4 is 0 Å². The van der Waals surface area contributed by atoms with Gasteiger partial charge in [-0.25, -0.2) is 0 Å². The van der Waals surface area contributed by atoms with E-state index in [2.05, 4.69) is 47.5 Å². The molecule has 0 bridgehead atoms. The highest BCUT2D eigenvalue weighted by molar-refractivity contribution is 14.1. The van der Waals surface area contributed by atoms with Crippen molar-refractivity contribution in [3.63, 3.8) is 0 Å². The van der Waals surface area contributed by atoms with E-state index in [1.165, 1.54) is 22.8 Å². The molecule has 0 radical (unpaired) electrons. The van der Waals surface area contributed by atoms with Crippen LogP contribution in [-0.2, 0) is 0 Å². The molecule has 1 saturated carbocycles. The molecule has 0 heterocycles. The fraction of sp³-hybridized carbons (Fsp3) is 0.625. The van der Waals surface area contributed by atoms with Crippen LogP contribution in [0.15, 0.2) is 14.9 Å². The molecule has 62 valence electrons. The Hall–Kier alpha value is -0.0600. The maximum atomic E-state index is 3.95.